The molecule has 0 aromatic heterocycles. The normalized spacial score (nSPS) is 11.4. The van der Waals surface area contributed by atoms with Gasteiger partial charge in [-0.2, -0.15) is 0 Å². The highest BCUT2D eigenvalue weighted by molar-refractivity contribution is 5.72. The van der Waals surface area contributed by atoms with Crippen LogP contribution < -0.4 is 16.9 Å². The van der Waals surface area contributed by atoms with E-state index in [9.17, 15) is 4.79 Å². The highest BCUT2D eigenvalue weighted by Crippen LogP contribution is 2.08. The zero-order valence-corrected chi connectivity index (χ0v) is 13.5. The van der Waals surface area contributed by atoms with Crippen molar-refractivity contribution in [1.29, 1.82) is 0 Å². The first-order valence-corrected chi connectivity index (χ1v) is 7.62. The molecular formula is C14H32N4O2. The standard InChI is InChI=1S/C14H32N4O2/c1-5-6-7-8-9-10-11-12-18(13(19)16-15)17-20-14(2,3)4/h17H,5-12,15H2,1-4H3,(H,16,19). The molecule has 6 nitrogen and oxygen atoms in total. The van der Waals surface area contributed by atoms with E-state index in [-0.39, 0.29) is 11.6 Å². The van der Waals surface area contributed by atoms with E-state index in [0.29, 0.717) is 6.54 Å². The second kappa shape index (κ2) is 10.9. The van der Waals surface area contributed by atoms with Gasteiger partial charge in [-0.1, -0.05) is 45.4 Å². The molecule has 0 aliphatic carbocycles. The van der Waals surface area contributed by atoms with E-state index in [4.69, 9.17) is 10.7 Å². The zero-order valence-electron chi connectivity index (χ0n) is 13.5. The van der Waals surface area contributed by atoms with Crippen molar-refractivity contribution in [2.75, 3.05) is 6.54 Å². The number of carbonyl (C=O) groups excluding carboxylic acids is 1. The quantitative estimate of drug-likeness (QED) is 0.250. The van der Waals surface area contributed by atoms with Crippen LogP contribution in [0.1, 0.15) is 72.6 Å². The summed E-state index contributed by atoms with van der Waals surface area (Å²) < 4.78 is 0. The molecule has 0 saturated carbocycles. The second-order valence-corrected chi connectivity index (χ2v) is 6.03. The fraction of sp³-hybridized carbons (Fsp3) is 0.929. The number of hydrazine groups is 2. The predicted molar refractivity (Wildman–Crippen MR) is 81.4 cm³/mol. The van der Waals surface area contributed by atoms with Crippen LogP contribution in [0, 0.1) is 0 Å². The molecule has 0 aromatic rings. The van der Waals surface area contributed by atoms with Crippen LogP contribution in [0.5, 0.6) is 0 Å². The monoisotopic (exact) mass is 288 g/mol. The minimum Gasteiger partial charge on any atom is -0.276 e. The molecule has 0 rings (SSSR count). The summed E-state index contributed by atoms with van der Waals surface area (Å²) in [5.41, 5.74) is 4.41. The molecule has 0 aromatic carbocycles. The Morgan fingerprint density at radius 3 is 2.15 bits per heavy atom. The molecule has 0 unspecified atom stereocenters. The van der Waals surface area contributed by atoms with Crippen LogP contribution in [-0.4, -0.2) is 23.2 Å². The molecule has 0 heterocycles. The van der Waals surface area contributed by atoms with Crippen LogP contribution in [0.25, 0.3) is 0 Å². The smallest absolute Gasteiger partial charge is 0.276 e. The fourth-order valence-corrected chi connectivity index (χ4v) is 1.69. The van der Waals surface area contributed by atoms with Gasteiger partial charge in [0.05, 0.1) is 5.60 Å². The number of nitrogens with one attached hydrogen (secondary N) is 2. The summed E-state index contributed by atoms with van der Waals surface area (Å²) in [6, 6.07) is -0.389. The average Bonchev–Trinajstić information content (AvgIpc) is 2.39. The van der Waals surface area contributed by atoms with E-state index >= 15 is 0 Å². The van der Waals surface area contributed by atoms with E-state index in [1.54, 1.807) is 0 Å². The third-order valence-electron chi connectivity index (χ3n) is 2.82. The van der Waals surface area contributed by atoms with Gasteiger partial charge in [0.2, 0.25) is 0 Å². The minimum absolute atomic E-state index is 0.368. The Kier molecular flexibility index (Phi) is 10.4. The van der Waals surface area contributed by atoms with Gasteiger partial charge < -0.3 is 0 Å². The number of nitrogens with zero attached hydrogens (tertiary/aromatic N) is 1. The number of carbonyl (C=O) groups is 1. The Morgan fingerprint density at radius 1 is 1.10 bits per heavy atom. The van der Waals surface area contributed by atoms with E-state index in [1.165, 1.54) is 37.1 Å². The van der Waals surface area contributed by atoms with Crippen molar-refractivity contribution in [1.82, 2.24) is 16.0 Å². The molecule has 2 amide bonds. The first-order valence-electron chi connectivity index (χ1n) is 7.62. The summed E-state index contributed by atoms with van der Waals surface area (Å²) in [7, 11) is 0. The number of nitrogens with two attached hydrogens (primary N) is 1. The van der Waals surface area contributed by atoms with Gasteiger partial charge in [0, 0.05) is 6.54 Å². The molecule has 6 heteroatoms. The van der Waals surface area contributed by atoms with Gasteiger partial charge in [0.15, 0.2) is 0 Å². The average molecular weight is 288 g/mol. The van der Waals surface area contributed by atoms with Crippen molar-refractivity contribution in [2.24, 2.45) is 5.84 Å². The lowest BCUT2D eigenvalue weighted by Crippen LogP contribution is -2.52. The molecule has 4 N–H and O–H groups in total. The molecule has 0 atom stereocenters. The van der Waals surface area contributed by atoms with Crippen LogP contribution in [0.4, 0.5) is 4.79 Å². The maximum Gasteiger partial charge on any atom is 0.347 e. The maximum atomic E-state index is 11.6. The Balaban J connectivity index is 3.85. The van der Waals surface area contributed by atoms with E-state index < -0.39 is 0 Å². The van der Waals surface area contributed by atoms with Gasteiger partial charge in [0.25, 0.3) is 0 Å². The number of rotatable bonds is 10. The SMILES string of the molecule is CCCCCCCCCN(NOC(C)(C)C)C(=O)NN. The van der Waals surface area contributed by atoms with Crippen molar-refractivity contribution in [2.45, 2.75) is 78.2 Å². The van der Waals surface area contributed by atoms with Crippen molar-refractivity contribution in [3.8, 4) is 0 Å². The van der Waals surface area contributed by atoms with Gasteiger partial charge in [0.1, 0.15) is 0 Å². The molecule has 0 radical (unpaired) electrons. The summed E-state index contributed by atoms with van der Waals surface area (Å²) in [6.07, 6.45) is 8.38. The Bertz CT molecular complexity index is 254. The van der Waals surface area contributed by atoms with Crippen molar-refractivity contribution in [3.63, 3.8) is 0 Å². The molecule has 20 heavy (non-hydrogen) atoms. The number of urea groups is 1. The number of hydrogen-bond donors (Lipinski definition) is 3. The van der Waals surface area contributed by atoms with Crippen LogP contribution in [-0.2, 0) is 4.84 Å². The third-order valence-corrected chi connectivity index (χ3v) is 2.82. The maximum absolute atomic E-state index is 11.6. The zero-order chi connectivity index (χ0) is 15.4. The van der Waals surface area contributed by atoms with E-state index in [2.05, 4.69) is 17.9 Å². The molecule has 0 saturated heterocycles. The molecule has 120 valence electrons. The summed E-state index contributed by atoms with van der Waals surface area (Å²) in [4.78, 5) is 17.0. The number of amides is 2. The molecule has 0 aliphatic heterocycles. The van der Waals surface area contributed by atoms with Gasteiger partial charge in [-0.15, -0.1) is 5.59 Å². The van der Waals surface area contributed by atoms with Crippen LogP contribution in [0.3, 0.4) is 0 Å². The van der Waals surface area contributed by atoms with Gasteiger partial charge >= 0.3 is 6.03 Å². The Morgan fingerprint density at radius 2 is 1.65 bits per heavy atom. The fourth-order valence-electron chi connectivity index (χ4n) is 1.69. The van der Waals surface area contributed by atoms with Crippen LogP contribution in [0.2, 0.25) is 0 Å². The van der Waals surface area contributed by atoms with Crippen molar-refractivity contribution < 1.29 is 9.63 Å². The third kappa shape index (κ3) is 11.0. The lowest BCUT2D eigenvalue weighted by Gasteiger charge is -2.27. The molecule has 0 bridgehead atoms. The Labute approximate surface area is 123 Å². The van der Waals surface area contributed by atoms with Crippen molar-refractivity contribution >= 4 is 6.03 Å². The molecule has 0 aliphatic rings. The predicted octanol–water partition coefficient (Wildman–Crippen LogP) is 2.86. The molecule has 0 fully saturated rings. The number of hydrogen-bond acceptors (Lipinski definition) is 4. The highest BCUT2D eigenvalue weighted by atomic mass is 16.7. The first kappa shape index (κ1) is 19.1. The van der Waals surface area contributed by atoms with Gasteiger partial charge in [-0.05, 0) is 27.2 Å². The lowest BCUT2D eigenvalue weighted by molar-refractivity contribution is -0.139. The van der Waals surface area contributed by atoms with Gasteiger partial charge in [-0.25, -0.2) is 15.6 Å². The molecule has 0 spiro atoms. The second-order valence-electron chi connectivity index (χ2n) is 6.03. The summed E-state index contributed by atoms with van der Waals surface area (Å²) >= 11 is 0. The minimum atomic E-state index is -0.389. The Hall–Kier alpha value is -0.850. The highest BCUT2D eigenvalue weighted by Gasteiger charge is 2.16. The largest absolute Gasteiger partial charge is 0.347 e. The van der Waals surface area contributed by atoms with E-state index in [0.717, 1.165) is 12.8 Å². The van der Waals surface area contributed by atoms with Crippen LogP contribution >= 0.6 is 0 Å². The summed E-state index contributed by atoms with van der Waals surface area (Å²) in [5, 5.41) is 1.37. The van der Waals surface area contributed by atoms with Gasteiger partial charge in [-0.3, -0.25) is 10.3 Å². The summed E-state index contributed by atoms with van der Waals surface area (Å²) in [5.74, 6) is 5.16. The first-order chi connectivity index (χ1) is 9.40. The van der Waals surface area contributed by atoms with Crippen molar-refractivity contribution in [3.05, 3.63) is 0 Å². The topological polar surface area (TPSA) is 79.6 Å². The van der Waals surface area contributed by atoms with E-state index in [1.807, 2.05) is 20.8 Å². The summed E-state index contributed by atoms with van der Waals surface area (Å²) in [6.45, 7) is 8.52. The van der Waals surface area contributed by atoms with Crippen LogP contribution in [0.15, 0.2) is 0 Å². The number of unbranched alkanes of at least 4 members (excludes halogenated alkanes) is 6. The lowest BCUT2D eigenvalue weighted by atomic mass is 10.1. The molecular weight excluding hydrogens is 256 g/mol.